The van der Waals surface area contributed by atoms with E-state index in [4.69, 9.17) is 9.47 Å². The molecular weight excluding hydrogens is 224 g/mol. The fourth-order valence-electron chi connectivity index (χ4n) is 1.71. The number of nitrogens with zero attached hydrogens (tertiary/aromatic N) is 1. The lowest BCUT2D eigenvalue weighted by molar-refractivity contribution is -0.160. The molecule has 1 saturated heterocycles. The largest absolute Gasteiger partial charge is 0.377 e. The van der Waals surface area contributed by atoms with Crippen LogP contribution in [0.5, 0.6) is 0 Å². The Kier molecular flexibility index (Phi) is 4.62. The first-order valence-corrected chi connectivity index (χ1v) is 5.55. The van der Waals surface area contributed by atoms with Gasteiger partial charge in [0.1, 0.15) is 13.2 Å². The number of carbonyl (C=O) groups is 2. The summed E-state index contributed by atoms with van der Waals surface area (Å²) in [5.74, 6) is -0.596. The maximum atomic E-state index is 11.6. The number of nitrogens with one attached hydrogen (secondary N) is 1. The van der Waals surface area contributed by atoms with E-state index < -0.39 is 5.60 Å². The van der Waals surface area contributed by atoms with Crippen LogP contribution in [0.1, 0.15) is 13.8 Å². The van der Waals surface area contributed by atoms with Crippen LogP contribution in [0.3, 0.4) is 0 Å². The Balaban J connectivity index is 2.73. The number of imide groups is 1. The normalized spacial score (nSPS) is 19.6. The average molecular weight is 244 g/mol. The summed E-state index contributed by atoms with van der Waals surface area (Å²) in [7, 11) is 3.38. The number of hydrogen-bond acceptors (Lipinski definition) is 5. The topological polar surface area (TPSA) is 67.9 Å². The quantitative estimate of drug-likeness (QED) is 0.653. The van der Waals surface area contributed by atoms with Gasteiger partial charge in [-0.15, -0.1) is 0 Å². The van der Waals surface area contributed by atoms with Crippen LogP contribution in [0, 0.1) is 0 Å². The highest BCUT2D eigenvalue weighted by Gasteiger charge is 2.35. The minimum absolute atomic E-state index is 0.0322. The van der Waals surface area contributed by atoms with Crippen LogP contribution >= 0.6 is 0 Å². The molecule has 0 aromatic heterocycles. The van der Waals surface area contributed by atoms with E-state index in [9.17, 15) is 9.59 Å². The molecule has 1 N–H and O–H groups in total. The van der Waals surface area contributed by atoms with Gasteiger partial charge in [-0.2, -0.15) is 0 Å². The molecule has 1 rings (SSSR count). The minimum atomic E-state index is -0.465. The van der Waals surface area contributed by atoms with E-state index in [1.54, 1.807) is 14.2 Å². The number of hydrogen-bond donors (Lipinski definition) is 1. The summed E-state index contributed by atoms with van der Waals surface area (Å²) in [6.07, 6.45) is 0. The molecule has 0 aromatic rings. The van der Waals surface area contributed by atoms with Gasteiger partial charge in [-0.05, 0) is 20.9 Å². The zero-order valence-electron chi connectivity index (χ0n) is 10.8. The first-order chi connectivity index (χ1) is 7.92. The van der Waals surface area contributed by atoms with Gasteiger partial charge in [0.2, 0.25) is 0 Å². The second kappa shape index (κ2) is 5.57. The molecule has 17 heavy (non-hydrogen) atoms. The predicted molar refractivity (Wildman–Crippen MR) is 61.5 cm³/mol. The summed E-state index contributed by atoms with van der Waals surface area (Å²) < 4.78 is 10.2. The van der Waals surface area contributed by atoms with E-state index in [0.29, 0.717) is 6.54 Å². The first-order valence-electron chi connectivity index (χ1n) is 5.55. The number of rotatable bonds is 5. The standard InChI is InChI=1S/C11H20N2O4/c1-11(2,16-4)8(12-3)5-13-9(14)6-17-7-10(13)15/h8,12H,5-7H2,1-4H3. The van der Waals surface area contributed by atoms with E-state index in [-0.39, 0.29) is 31.1 Å². The van der Waals surface area contributed by atoms with Crippen LogP contribution < -0.4 is 5.32 Å². The van der Waals surface area contributed by atoms with Gasteiger partial charge in [0.15, 0.2) is 0 Å². The van der Waals surface area contributed by atoms with Gasteiger partial charge in [0, 0.05) is 13.7 Å². The van der Waals surface area contributed by atoms with Gasteiger partial charge in [0.05, 0.1) is 11.6 Å². The fraction of sp³-hybridized carbons (Fsp3) is 0.818. The highest BCUT2D eigenvalue weighted by molar-refractivity contribution is 5.98. The van der Waals surface area contributed by atoms with Crippen molar-refractivity contribution in [2.45, 2.75) is 25.5 Å². The third-order valence-corrected chi connectivity index (χ3v) is 3.13. The lowest BCUT2D eigenvalue weighted by atomic mass is 9.98. The molecule has 0 bridgehead atoms. The highest BCUT2D eigenvalue weighted by atomic mass is 16.5. The third kappa shape index (κ3) is 3.24. The van der Waals surface area contributed by atoms with E-state index in [1.807, 2.05) is 13.8 Å². The molecule has 98 valence electrons. The molecule has 2 amide bonds. The van der Waals surface area contributed by atoms with Gasteiger partial charge in [-0.1, -0.05) is 0 Å². The summed E-state index contributed by atoms with van der Waals surface area (Å²) in [6.45, 7) is 4.04. The SMILES string of the molecule is CNC(CN1C(=O)COCC1=O)C(C)(C)OC. The monoisotopic (exact) mass is 244 g/mol. The van der Waals surface area contributed by atoms with Crippen LogP contribution in [0.25, 0.3) is 0 Å². The van der Waals surface area contributed by atoms with E-state index in [2.05, 4.69) is 5.32 Å². The molecule has 1 fully saturated rings. The van der Waals surface area contributed by atoms with Crippen molar-refractivity contribution in [2.75, 3.05) is 33.9 Å². The lowest BCUT2D eigenvalue weighted by Gasteiger charge is -2.36. The van der Waals surface area contributed by atoms with Crippen LogP contribution in [-0.2, 0) is 19.1 Å². The van der Waals surface area contributed by atoms with E-state index >= 15 is 0 Å². The summed E-state index contributed by atoms with van der Waals surface area (Å²) in [6, 6.07) is -0.126. The molecule has 6 heteroatoms. The van der Waals surface area contributed by atoms with Gasteiger partial charge in [0.25, 0.3) is 11.8 Å². The maximum absolute atomic E-state index is 11.6. The van der Waals surface area contributed by atoms with Crippen molar-refractivity contribution in [3.8, 4) is 0 Å². The Bertz CT molecular complexity index is 288. The molecule has 1 aliphatic rings. The molecule has 6 nitrogen and oxygen atoms in total. The molecule has 0 saturated carbocycles. The van der Waals surface area contributed by atoms with Crippen molar-refractivity contribution in [3.63, 3.8) is 0 Å². The summed E-state index contributed by atoms with van der Waals surface area (Å²) >= 11 is 0. The molecule has 0 radical (unpaired) electrons. The van der Waals surface area contributed by atoms with Crippen molar-refractivity contribution >= 4 is 11.8 Å². The lowest BCUT2D eigenvalue weighted by Crippen LogP contribution is -2.57. The third-order valence-electron chi connectivity index (χ3n) is 3.13. The first kappa shape index (κ1) is 14.1. The number of likely N-dealkylation sites (N-methyl/N-ethyl adjacent to an activating group) is 1. The maximum Gasteiger partial charge on any atom is 0.255 e. The number of methoxy groups -OCH3 is 1. The molecule has 0 aromatic carbocycles. The minimum Gasteiger partial charge on any atom is -0.377 e. The number of amides is 2. The fourth-order valence-corrected chi connectivity index (χ4v) is 1.71. The average Bonchev–Trinajstić information content (AvgIpc) is 2.28. The molecular formula is C11H20N2O4. The van der Waals surface area contributed by atoms with Gasteiger partial charge >= 0.3 is 0 Å². The van der Waals surface area contributed by atoms with Crippen molar-refractivity contribution in [2.24, 2.45) is 0 Å². The van der Waals surface area contributed by atoms with Crippen molar-refractivity contribution in [3.05, 3.63) is 0 Å². The van der Waals surface area contributed by atoms with E-state index in [1.165, 1.54) is 4.90 Å². The molecule has 0 aliphatic carbocycles. The predicted octanol–water partition coefficient (Wildman–Crippen LogP) is -0.615. The summed E-state index contributed by atoms with van der Waals surface area (Å²) in [5.41, 5.74) is -0.465. The smallest absolute Gasteiger partial charge is 0.255 e. The molecule has 0 spiro atoms. The Morgan fingerprint density at radius 2 is 1.94 bits per heavy atom. The number of carbonyl (C=O) groups excluding carboxylic acids is 2. The van der Waals surface area contributed by atoms with Crippen LogP contribution in [0.2, 0.25) is 0 Å². The van der Waals surface area contributed by atoms with Gasteiger partial charge in [-0.3, -0.25) is 14.5 Å². The number of morpholine rings is 1. The van der Waals surface area contributed by atoms with Crippen molar-refractivity contribution < 1.29 is 19.1 Å². The molecule has 1 aliphatic heterocycles. The Morgan fingerprint density at radius 3 is 2.35 bits per heavy atom. The van der Waals surface area contributed by atoms with Crippen LogP contribution in [0.4, 0.5) is 0 Å². The molecule has 1 unspecified atom stereocenters. The summed E-state index contributed by atoms with van der Waals surface area (Å²) in [4.78, 5) is 24.4. The Hall–Kier alpha value is -0.980. The molecule has 1 atom stereocenters. The zero-order valence-corrected chi connectivity index (χ0v) is 10.8. The molecule has 1 heterocycles. The van der Waals surface area contributed by atoms with Crippen molar-refractivity contribution in [1.29, 1.82) is 0 Å². The van der Waals surface area contributed by atoms with Gasteiger partial charge < -0.3 is 14.8 Å². The van der Waals surface area contributed by atoms with Crippen molar-refractivity contribution in [1.82, 2.24) is 10.2 Å². The van der Waals surface area contributed by atoms with E-state index in [0.717, 1.165) is 0 Å². The van der Waals surface area contributed by atoms with Crippen LogP contribution in [0.15, 0.2) is 0 Å². The zero-order chi connectivity index (χ0) is 13.1. The Labute approximate surface area is 101 Å². The highest BCUT2D eigenvalue weighted by Crippen LogP contribution is 2.15. The second-order valence-electron chi connectivity index (χ2n) is 4.54. The summed E-state index contributed by atoms with van der Waals surface area (Å²) in [5, 5.41) is 3.07. The number of ether oxygens (including phenoxy) is 2. The van der Waals surface area contributed by atoms with Crippen LogP contribution in [-0.4, -0.2) is 62.3 Å². The second-order valence-corrected chi connectivity index (χ2v) is 4.54. The van der Waals surface area contributed by atoms with Gasteiger partial charge in [-0.25, -0.2) is 0 Å². The Morgan fingerprint density at radius 1 is 1.41 bits per heavy atom.